The van der Waals surface area contributed by atoms with Crippen molar-refractivity contribution in [1.82, 2.24) is 0 Å². The van der Waals surface area contributed by atoms with Gasteiger partial charge in [-0.3, -0.25) is 10.1 Å². The Morgan fingerprint density at radius 2 is 1.58 bits per heavy atom. The first-order valence-corrected chi connectivity index (χ1v) is 12.6. The van der Waals surface area contributed by atoms with Gasteiger partial charge in [-0.15, -0.1) is 0 Å². The number of hydrogen-bond donors (Lipinski definition) is 1. The molecule has 1 N–H and O–H groups in total. The van der Waals surface area contributed by atoms with Crippen molar-refractivity contribution in [2.45, 2.75) is 46.1 Å². The Hall–Kier alpha value is -3.80. The summed E-state index contributed by atoms with van der Waals surface area (Å²) in [6, 6.07) is 25.9. The minimum atomic E-state index is -0.554. The number of anilines is 4. The van der Waals surface area contributed by atoms with Crippen molar-refractivity contribution < 1.29 is 14.3 Å². The second-order valence-electron chi connectivity index (χ2n) is 9.96. The Bertz CT molecular complexity index is 1180. The van der Waals surface area contributed by atoms with E-state index in [-0.39, 0.29) is 12.3 Å². The molecule has 2 amide bonds. The Kier molecular flexibility index (Phi) is 7.93. The molecule has 0 spiro atoms. The van der Waals surface area contributed by atoms with E-state index in [2.05, 4.69) is 50.0 Å². The number of ether oxygens (including phenoxy) is 1. The standard InChI is InChI=1S/C30H35N3O3/c1-21(2)19-32(24-10-6-5-7-11-24)25-16-14-23(15-17-25)31-30(35)36-26-18-29(34)33(20-26)28-13-9-8-12-27(28)22(3)4/h5-17,21-22,26H,18-20H2,1-4H3,(H,31,35). The topological polar surface area (TPSA) is 61.9 Å². The Morgan fingerprint density at radius 3 is 2.25 bits per heavy atom. The first kappa shape index (κ1) is 25.3. The first-order chi connectivity index (χ1) is 17.3. The molecule has 1 unspecified atom stereocenters. The third-order valence-electron chi connectivity index (χ3n) is 6.25. The van der Waals surface area contributed by atoms with Crippen LogP contribution in [0.3, 0.4) is 0 Å². The molecular weight excluding hydrogens is 450 g/mol. The van der Waals surface area contributed by atoms with Crippen molar-refractivity contribution in [3.05, 3.63) is 84.4 Å². The highest BCUT2D eigenvalue weighted by Crippen LogP contribution is 2.31. The minimum Gasteiger partial charge on any atom is -0.444 e. The van der Waals surface area contributed by atoms with Gasteiger partial charge in [0.05, 0.1) is 13.0 Å². The molecule has 0 bridgehead atoms. The van der Waals surface area contributed by atoms with E-state index in [0.29, 0.717) is 24.1 Å². The van der Waals surface area contributed by atoms with Crippen molar-refractivity contribution in [2.75, 3.05) is 28.2 Å². The number of carbonyl (C=O) groups is 2. The molecule has 1 aliphatic rings. The molecule has 1 heterocycles. The third kappa shape index (κ3) is 6.06. The molecule has 0 radical (unpaired) electrons. The molecule has 0 saturated carbocycles. The fourth-order valence-corrected chi connectivity index (χ4v) is 4.56. The molecular formula is C30H35N3O3. The van der Waals surface area contributed by atoms with Crippen molar-refractivity contribution in [1.29, 1.82) is 0 Å². The maximum Gasteiger partial charge on any atom is 0.411 e. The van der Waals surface area contributed by atoms with Crippen LogP contribution in [0.15, 0.2) is 78.9 Å². The van der Waals surface area contributed by atoms with Crippen LogP contribution in [0.25, 0.3) is 0 Å². The quantitative estimate of drug-likeness (QED) is 0.375. The van der Waals surface area contributed by atoms with Gasteiger partial charge in [0.2, 0.25) is 5.91 Å². The summed E-state index contributed by atoms with van der Waals surface area (Å²) < 4.78 is 5.61. The maximum atomic E-state index is 12.7. The molecule has 1 atom stereocenters. The summed E-state index contributed by atoms with van der Waals surface area (Å²) in [5.41, 5.74) is 4.82. The SMILES string of the molecule is CC(C)CN(c1ccccc1)c1ccc(NC(=O)OC2CC(=O)N(c3ccccc3C(C)C)C2)cc1. The van der Waals surface area contributed by atoms with E-state index >= 15 is 0 Å². The lowest BCUT2D eigenvalue weighted by Crippen LogP contribution is -2.28. The largest absolute Gasteiger partial charge is 0.444 e. The number of nitrogens with zero attached hydrogens (tertiary/aromatic N) is 2. The van der Waals surface area contributed by atoms with Crippen LogP contribution in [0.2, 0.25) is 0 Å². The molecule has 1 saturated heterocycles. The summed E-state index contributed by atoms with van der Waals surface area (Å²) in [7, 11) is 0. The Balaban J connectivity index is 1.38. The zero-order chi connectivity index (χ0) is 25.7. The molecule has 1 aliphatic heterocycles. The summed E-state index contributed by atoms with van der Waals surface area (Å²) in [5.74, 6) is 0.745. The lowest BCUT2D eigenvalue weighted by Gasteiger charge is -2.27. The molecule has 3 aromatic rings. The van der Waals surface area contributed by atoms with E-state index in [1.165, 1.54) is 0 Å². The highest BCUT2D eigenvalue weighted by Gasteiger charge is 2.34. The van der Waals surface area contributed by atoms with E-state index in [4.69, 9.17) is 4.74 Å². The molecule has 6 heteroatoms. The Labute approximate surface area is 213 Å². The number of rotatable bonds is 8. The van der Waals surface area contributed by atoms with Gasteiger partial charge in [-0.25, -0.2) is 4.79 Å². The van der Waals surface area contributed by atoms with Gasteiger partial charge in [0, 0.05) is 29.3 Å². The number of hydrogen-bond acceptors (Lipinski definition) is 4. The van der Waals surface area contributed by atoms with E-state index < -0.39 is 12.2 Å². The second kappa shape index (κ2) is 11.3. The van der Waals surface area contributed by atoms with Gasteiger partial charge < -0.3 is 14.5 Å². The normalized spacial score (nSPS) is 15.4. The predicted molar refractivity (Wildman–Crippen MR) is 146 cm³/mol. The average Bonchev–Trinajstić information content (AvgIpc) is 3.22. The maximum absolute atomic E-state index is 12.7. The number of carbonyl (C=O) groups excluding carboxylic acids is 2. The molecule has 3 aromatic carbocycles. The van der Waals surface area contributed by atoms with Crippen LogP contribution in [0.1, 0.15) is 45.6 Å². The monoisotopic (exact) mass is 485 g/mol. The van der Waals surface area contributed by atoms with Crippen LogP contribution in [0.5, 0.6) is 0 Å². The zero-order valence-electron chi connectivity index (χ0n) is 21.5. The molecule has 0 aromatic heterocycles. The summed E-state index contributed by atoms with van der Waals surface area (Å²) >= 11 is 0. The number of amides is 2. The van der Waals surface area contributed by atoms with Crippen molar-refractivity contribution >= 4 is 34.7 Å². The zero-order valence-corrected chi connectivity index (χ0v) is 21.5. The number of nitrogens with one attached hydrogen (secondary N) is 1. The van der Waals surface area contributed by atoms with Gasteiger partial charge in [0.25, 0.3) is 0 Å². The van der Waals surface area contributed by atoms with Gasteiger partial charge in [0.15, 0.2) is 0 Å². The third-order valence-corrected chi connectivity index (χ3v) is 6.25. The van der Waals surface area contributed by atoms with Crippen LogP contribution in [0, 0.1) is 5.92 Å². The summed E-state index contributed by atoms with van der Waals surface area (Å²) in [5, 5.41) is 2.81. The second-order valence-corrected chi connectivity index (χ2v) is 9.96. The van der Waals surface area contributed by atoms with E-state index in [1.54, 1.807) is 4.90 Å². The minimum absolute atomic E-state index is 0.0311. The van der Waals surface area contributed by atoms with E-state index in [1.807, 2.05) is 66.7 Å². The molecule has 188 valence electrons. The number of para-hydroxylation sites is 2. The summed E-state index contributed by atoms with van der Waals surface area (Å²) in [6.07, 6.45) is -0.863. The van der Waals surface area contributed by atoms with E-state index in [9.17, 15) is 9.59 Å². The van der Waals surface area contributed by atoms with Gasteiger partial charge in [0.1, 0.15) is 6.10 Å². The average molecular weight is 486 g/mol. The smallest absolute Gasteiger partial charge is 0.411 e. The number of benzene rings is 3. The molecule has 6 nitrogen and oxygen atoms in total. The molecule has 36 heavy (non-hydrogen) atoms. The van der Waals surface area contributed by atoms with Gasteiger partial charge >= 0.3 is 6.09 Å². The molecule has 1 fully saturated rings. The van der Waals surface area contributed by atoms with Crippen LogP contribution in [0.4, 0.5) is 27.5 Å². The lowest BCUT2D eigenvalue weighted by molar-refractivity contribution is -0.117. The highest BCUT2D eigenvalue weighted by atomic mass is 16.6. The van der Waals surface area contributed by atoms with Crippen molar-refractivity contribution in [3.8, 4) is 0 Å². The Morgan fingerprint density at radius 1 is 0.944 bits per heavy atom. The van der Waals surface area contributed by atoms with Crippen molar-refractivity contribution in [3.63, 3.8) is 0 Å². The fourth-order valence-electron chi connectivity index (χ4n) is 4.56. The van der Waals surface area contributed by atoms with Crippen LogP contribution in [-0.4, -0.2) is 31.2 Å². The first-order valence-electron chi connectivity index (χ1n) is 12.6. The van der Waals surface area contributed by atoms with E-state index in [0.717, 1.165) is 29.2 Å². The fraction of sp³-hybridized carbons (Fsp3) is 0.333. The summed E-state index contributed by atoms with van der Waals surface area (Å²) in [4.78, 5) is 29.3. The highest BCUT2D eigenvalue weighted by molar-refractivity contribution is 5.97. The predicted octanol–water partition coefficient (Wildman–Crippen LogP) is 6.96. The lowest BCUT2D eigenvalue weighted by atomic mass is 10.0. The van der Waals surface area contributed by atoms with Crippen LogP contribution >= 0.6 is 0 Å². The van der Waals surface area contributed by atoms with Crippen LogP contribution in [-0.2, 0) is 9.53 Å². The molecule has 4 rings (SSSR count). The van der Waals surface area contributed by atoms with Gasteiger partial charge in [-0.05, 0) is 59.9 Å². The van der Waals surface area contributed by atoms with Gasteiger partial charge in [-0.1, -0.05) is 64.1 Å². The van der Waals surface area contributed by atoms with Gasteiger partial charge in [-0.2, -0.15) is 0 Å². The summed E-state index contributed by atoms with van der Waals surface area (Å²) in [6.45, 7) is 9.83. The molecule has 0 aliphatic carbocycles. The van der Waals surface area contributed by atoms with Crippen molar-refractivity contribution in [2.24, 2.45) is 5.92 Å². The van der Waals surface area contributed by atoms with Crippen LogP contribution < -0.4 is 15.1 Å².